The van der Waals surface area contributed by atoms with Crippen LogP contribution in [0.2, 0.25) is 0 Å². The van der Waals surface area contributed by atoms with Crippen LogP contribution in [-0.4, -0.2) is 0 Å². The molecule has 0 radical (unpaired) electrons. The molecule has 0 saturated carbocycles. The highest BCUT2D eigenvalue weighted by atomic mass is 79.9. The average molecular weight is 413 g/mol. The number of fused-ring (bicyclic) bond motifs is 6. The molecule has 0 amide bonds. The fraction of sp³-hybridized carbons (Fsp3) is 0. The lowest BCUT2D eigenvalue weighted by atomic mass is 10.0. The lowest BCUT2D eigenvalue weighted by Crippen LogP contribution is -1.76. The lowest BCUT2D eigenvalue weighted by Gasteiger charge is -2.01. The van der Waals surface area contributed by atoms with E-state index in [-0.39, 0.29) is 0 Å². The molecule has 0 bridgehead atoms. The summed E-state index contributed by atoms with van der Waals surface area (Å²) in [5.74, 6) is 0. The van der Waals surface area contributed by atoms with Crippen LogP contribution < -0.4 is 0 Å². The van der Waals surface area contributed by atoms with Gasteiger partial charge in [-0.05, 0) is 47.5 Å². The Morgan fingerprint density at radius 1 is 0.481 bits per heavy atom. The van der Waals surface area contributed by atoms with Crippen LogP contribution in [-0.2, 0) is 0 Å². The van der Waals surface area contributed by atoms with Crippen LogP contribution in [0.15, 0.2) is 92.2 Å². The molecule has 0 spiro atoms. The summed E-state index contributed by atoms with van der Waals surface area (Å²) < 4.78 is 13.2. The van der Waals surface area contributed by atoms with Crippen LogP contribution in [0.1, 0.15) is 0 Å². The zero-order valence-electron chi connectivity index (χ0n) is 14.2. The number of halogens is 1. The summed E-state index contributed by atoms with van der Waals surface area (Å²) in [6, 6.07) is 27.1. The summed E-state index contributed by atoms with van der Waals surface area (Å²) in [5, 5.41) is 4.44. The molecule has 0 saturated heterocycles. The van der Waals surface area contributed by atoms with E-state index in [0.717, 1.165) is 48.3 Å². The third kappa shape index (κ3) is 2.25. The van der Waals surface area contributed by atoms with Crippen LogP contribution in [0.25, 0.3) is 55.0 Å². The highest BCUT2D eigenvalue weighted by molar-refractivity contribution is 9.10. The van der Waals surface area contributed by atoms with Gasteiger partial charge in [-0.15, -0.1) is 0 Å². The SMILES string of the molecule is Brc1ccc2oc3cc4oc5ccc(-c6ccccc6)cc5c4cc3c2c1. The second kappa shape index (κ2) is 5.48. The van der Waals surface area contributed by atoms with Crippen molar-refractivity contribution >= 4 is 59.8 Å². The van der Waals surface area contributed by atoms with Crippen molar-refractivity contribution in [2.24, 2.45) is 0 Å². The largest absolute Gasteiger partial charge is 0.456 e. The van der Waals surface area contributed by atoms with Gasteiger partial charge in [0.1, 0.15) is 22.3 Å². The standard InChI is InChI=1S/C24H13BrO2/c25-16-7-9-22-18(11-16)20-12-19-17-10-15(14-4-2-1-3-5-14)6-8-21(17)26-23(19)13-24(20)27-22/h1-13H. The minimum atomic E-state index is 0.845. The number of hydrogen-bond acceptors (Lipinski definition) is 2. The normalized spacial score (nSPS) is 11.9. The van der Waals surface area contributed by atoms with Gasteiger partial charge in [-0.3, -0.25) is 0 Å². The third-order valence-corrected chi connectivity index (χ3v) is 5.62. The molecular weight excluding hydrogens is 400 g/mol. The summed E-state index contributed by atoms with van der Waals surface area (Å²) in [6.45, 7) is 0. The zero-order valence-corrected chi connectivity index (χ0v) is 15.8. The number of benzene rings is 4. The van der Waals surface area contributed by atoms with E-state index in [1.54, 1.807) is 0 Å². The van der Waals surface area contributed by atoms with Gasteiger partial charge in [0, 0.05) is 32.1 Å². The molecule has 0 aliphatic rings. The van der Waals surface area contributed by atoms with E-state index in [4.69, 9.17) is 8.83 Å². The summed E-state index contributed by atoms with van der Waals surface area (Å²) in [6.07, 6.45) is 0. The molecule has 0 aliphatic carbocycles. The average Bonchev–Trinajstić information content (AvgIpc) is 3.23. The Kier molecular flexibility index (Phi) is 3.06. The van der Waals surface area contributed by atoms with E-state index in [1.165, 1.54) is 11.1 Å². The van der Waals surface area contributed by atoms with Gasteiger partial charge in [0.25, 0.3) is 0 Å². The van der Waals surface area contributed by atoms with Crippen molar-refractivity contribution in [1.29, 1.82) is 0 Å². The molecular formula is C24H13BrO2. The van der Waals surface area contributed by atoms with E-state index in [0.29, 0.717) is 0 Å². The molecule has 2 heterocycles. The maximum Gasteiger partial charge on any atom is 0.139 e. The maximum atomic E-state index is 6.10. The number of hydrogen-bond donors (Lipinski definition) is 0. The Morgan fingerprint density at radius 3 is 1.85 bits per heavy atom. The molecule has 27 heavy (non-hydrogen) atoms. The monoisotopic (exact) mass is 412 g/mol. The molecule has 6 aromatic rings. The Balaban J connectivity index is 1.69. The van der Waals surface area contributed by atoms with E-state index in [1.807, 2.05) is 30.3 Å². The van der Waals surface area contributed by atoms with Gasteiger partial charge < -0.3 is 8.83 Å². The van der Waals surface area contributed by atoms with Crippen molar-refractivity contribution in [1.82, 2.24) is 0 Å². The van der Waals surface area contributed by atoms with Crippen molar-refractivity contribution in [2.75, 3.05) is 0 Å². The first-order valence-electron chi connectivity index (χ1n) is 8.80. The molecule has 2 aromatic heterocycles. The van der Waals surface area contributed by atoms with Crippen molar-refractivity contribution in [3.63, 3.8) is 0 Å². The van der Waals surface area contributed by atoms with Gasteiger partial charge in [-0.25, -0.2) is 0 Å². The first-order chi connectivity index (χ1) is 13.3. The van der Waals surface area contributed by atoms with Crippen molar-refractivity contribution in [3.8, 4) is 11.1 Å². The summed E-state index contributed by atoms with van der Waals surface area (Å²) in [5.41, 5.74) is 5.86. The second-order valence-electron chi connectivity index (χ2n) is 6.77. The number of rotatable bonds is 1. The predicted octanol–water partition coefficient (Wildman–Crippen LogP) is 7.91. The maximum absolute atomic E-state index is 6.10. The lowest BCUT2D eigenvalue weighted by molar-refractivity contribution is 0.656. The molecule has 4 aromatic carbocycles. The van der Waals surface area contributed by atoms with Gasteiger partial charge in [0.2, 0.25) is 0 Å². The van der Waals surface area contributed by atoms with Gasteiger partial charge in [0.05, 0.1) is 0 Å². The zero-order chi connectivity index (χ0) is 18.0. The summed E-state index contributed by atoms with van der Waals surface area (Å²) >= 11 is 3.56. The summed E-state index contributed by atoms with van der Waals surface area (Å²) in [7, 11) is 0. The Hall–Kier alpha value is -3.04. The molecule has 0 aliphatic heterocycles. The Bertz CT molecular complexity index is 1470. The minimum absolute atomic E-state index is 0.845. The molecule has 0 unspecified atom stereocenters. The highest BCUT2D eigenvalue weighted by Gasteiger charge is 2.14. The van der Waals surface area contributed by atoms with Gasteiger partial charge in [0.15, 0.2) is 0 Å². The third-order valence-electron chi connectivity index (χ3n) is 5.13. The first-order valence-corrected chi connectivity index (χ1v) is 9.59. The van der Waals surface area contributed by atoms with Crippen LogP contribution in [0.3, 0.4) is 0 Å². The molecule has 0 atom stereocenters. The van der Waals surface area contributed by atoms with Crippen LogP contribution in [0.5, 0.6) is 0 Å². The van der Waals surface area contributed by atoms with E-state index in [9.17, 15) is 0 Å². The minimum Gasteiger partial charge on any atom is -0.456 e. The molecule has 3 heteroatoms. The van der Waals surface area contributed by atoms with Crippen molar-refractivity contribution < 1.29 is 8.83 Å². The van der Waals surface area contributed by atoms with Gasteiger partial charge in [-0.2, -0.15) is 0 Å². The smallest absolute Gasteiger partial charge is 0.139 e. The quantitative estimate of drug-likeness (QED) is 0.274. The summed E-state index contributed by atoms with van der Waals surface area (Å²) in [4.78, 5) is 0. The van der Waals surface area contributed by atoms with Crippen molar-refractivity contribution in [2.45, 2.75) is 0 Å². The van der Waals surface area contributed by atoms with Crippen molar-refractivity contribution in [3.05, 3.63) is 83.3 Å². The fourth-order valence-corrected chi connectivity index (χ4v) is 4.19. The molecule has 6 rings (SSSR count). The van der Waals surface area contributed by atoms with E-state index < -0.39 is 0 Å². The van der Waals surface area contributed by atoms with E-state index >= 15 is 0 Å². The molecule has 0 N–H and O–H groups in total. The van der Waals surface area contributed by atoms with Gasteiger partial charge >= 0.3 is 0 Å². The Morgan fingerprint density at radius 2 is 1.11 bits per heavy atom. The van der Waals surface area contributed by atoms with Crippen LogP contribution in [0.4, 0.5) is 0 Å². The van der Waals surface area contributed by atoms with E-state index in [2.05, 4.69) is 64.5 Å². The topological polar surface area (TPSA) is 26.3 Å². The highest BCUT2D eigenvalue weighted by Crippen LogP contribution is 2.38. The fourth-order valence-electron chi connectivity index (χ4n) is 3.83. The molecule has 2 nitrogen and oxygen atoms in total. The Labute approximate surface area is 163 Å². The van der Waals surface area contributed by atoms with Gasteiger partial charge in [-0.1, -0.05) is 52.3 Å². The first kappa shape index (κ1) is 15.1. The van der Waals surface area contributed by atoms with Crippen LogP contribution in [0, 0.1) is 0 Å². The predicted molar refractivity (Wildman–Crippen MR) is 114 cm³/mol. The van der Waals surface area contributed by atoms with Crippen LogP contribution >= 0.6 is 15.9 Å². The molecule has 0 fully saturated rings. The number of furan rings is 2. The molecule has 128 valence electrons. The second-order valence-corrected chi connectivity index (χ2v) is 7.68.